The first-order valence-electron chi connectivity index (χ1n) is 10.6. The van der Waals surface area contributed by atoms with E-state index in [4.69, 9.17) is 11.6 Å². The van der Waals surface area contributed by atoms with Crippen molar-refractivity contribution < 1.29 is 9.18 Å². The molecule has 1 saturated heterocycles. The monoisotopic (exact) mass is 473 g/mol. The van der Waals surface area contributed by atoms with E-state index in [1.165, 1.54) is 49.2 Å². The van der Waals surface area contributed by atoms with Gasteiger partial charge in [0.2, 0.25) is 5.91 Å². The maximum atomic E-state index is 13.3. The van der Waals surface area contributed by atoms with Crippen molar-refractivity contribution in [3.05, 3.63) is 70.8 Å². The molecule has 6 nitrogen and oxygen atoms in total. The van der Waals surface area contributed by atoms with Crippen molar-refractivity contribution >= 4 is 35.0 Å². The smallest absolute Gasteiger partial charge is 0.234 e. The summed E-state index contributed by atoms with van der Waals surface area (Å²) in [5.41, 5.74) is 1.61. The van der Waals surface area contributed by atoms with Gasteiger partial charge in [-0.3, -0.25) is 9.69 Å². The lowest BCUT2D eigenvalue weighted by Crippen LogP contribution is -2.30. The summed E-state index contributed by atoms with van der Waals surface area (Å²) in [7, 11) is 0. The Morgan fingerprint density at radius 3 is 2.59 bits per heavy atom. The molecule has 1 amide bonds. The lowest BCUT2D eigenvalue weighted by Gasteiger charge is -2.26. The lowest BCUT2D eigenvalue weighted by atomic mass is 10.1. The Balaban J connectivity index is 1.45. The Bertz CT molecular complexity index is 1060. The van der Waals surface area contributed by atoms with Gasteiger partial charge in [-0.15, -0.1) is 10.2 Å². The maximum absolute atomic E-state index is 13.3. The molecule has 0 saturated carbocycles. The van der Waals surface area contributed by atoms with Crippen molar-refractivity contribution in [2.45, 2.75) is 37.5 Å². The van der Waals surface area contributed by atoms with Crippen LogP contribution in [0.3, 0.4) is 0 Å². The molecule has 2 aromatic carbocycles. The summed E-state index contributed by atoms with van der Waals surface area (Å²) in [5, 5.41) is 12.3. The van der Waals surface area contributed by atoms with E-state index in [1.54, 1.807) is 0 Å². The van der Waals surface area contributed by atoms with Crippen LogP contribution in [-0.4, -0.2) is 44.4 Å². The van der Waals surface area contributed by atoms with Crippen molar-refractivity contribution in [1.29, 1.82) is 0 Å². The third-order valence-corrected chi connectivity index (χ3v) is 6.58. The van der Waals surface area contributed by atoms with Crippen LogP contribution in [0.25, 0.3) is 0 Å². The number of halogens is 2. The molecule has 1 fully saturated rings. The summed E-state index contributed by atoms with van der Waals surface area (Å²) >= 11 is 7.13. The molecule has 0 atom stereocenters. The van der Waals surface area contributed by atoms with E-state index < -0.39 is 5.82 Å². The van der Waals surface area contributed by atoms with Crippen molar-refractivity contribution in [3.63, 3.8) is 0 Å². The second-order valence-electron chi connectivity index (χ2n) is 7.77. The minimum atomic E-state index is -0.519. The molecule has 0 bridgehead atoms. The van der Waals surface area contributed by atoms with Crippen LogP contribution in [0.1, 0.15) is 30.7 Å². The predicted molar refractivity (Wildman–Crippen MR) is 125 cm³/mol. The van der Waals surface area contributed by atoms with Crippen LogP contribution in [-0.2, 0) is 17.9 Å². The fraction of sp³-hybridized carbons (Fsp3) is 0.348. The van der Waals surface area contributed by atoms with Gasteiger partial charge < -0.3 is 9.88 Å². The number of carbonyl (C=O) groups excluding carboxylic acids is 1. The number of benzene rings is 2. The summed E-state index contributed by atoms with van der Waals surface area (Å²) in [6, 6.07) is 14.3. The molecule has 0 unspecified atom stereocenters. The first-order valence-corrected chi connectivity index (χ1v) is 12.0. The molecule has 4 rings (SSSR count). The van der Waals surface area contributed by atoms with E-state index in [9.17, 15) is 9.18 Å². The maximum Gasteiger partial charge on any atom is 0.234 e. The van der Waals surface area contributed by atoms with Crippen LogP contribution in [0.5, 0.6) is 0 Å². The fourth-order valence-corrected chi connectivity index (χ4v) is 4.62. The van der Waals surface area contributed by atoms with Gasteiger partial charge in [0, 0.05) is 5.69 Å². The van der Waals surface area contributed by atoms with Gasteiger partial charge in [0.05, 0.1) is 23.9 Å². The molecule has 32 heavy (non-hydrogen) atoms. The number of amides is 1. The highest BCUT2D eigenvalue weighted by molar-refractivity contribution is 7.99. The van der Waals surface area contributed by atoms with Gasteiger partial charge >= 0.3 is 0 Å². The average molecular weight is 474 g/mol. The number of thioether (sulfide) groups is 1. The van der Waals surface area contributed by atoms with Crippen LogP contribution < -0.4 is 5.32 Å². The number of piperidine rings is 1. The van der Waals surface area contributed by atoms with E-state index in [1.807, 2.05) is 18.2 Å². The van der Waals surface area contributed by atoms with Crippen LogP contribution >= 0.6 is 23.4 Å². The highest BCUT2D eigenvalue weighted by Gasteiger charge is 2.19. The first-order chi connectivity index (χ1) is 15.6. The molecule has 1 aliphatic rings. The van der Waals surface area contributed by atoms with Crippen molar-refractivity contribution in [1.82, 2.24) is 19.7 Å². The van der Waals surface area contributed by atoms with E-state index in [0.29, 0.717) is 17.4 Å². The summed E-state index contributed by atoms with van der Waals surface area (Å²) in [6.07, 6.45) is 3.70. The molecule has 3 aromatic rings. The van der Waals surface area contributed by atoms with Gasteiger partial charge in [-0.05, 0) is 49.7 Å². The number of anilines is 1. The number of rotatable bonds is 8. The summed E-state index contributed by atoms with van der Waals surface area (Å²) in [4.78, 5) is 14.9. The normalized spacial score (nSPS) is 14.4. The largest absolute Gasteiger partial charge is 0.325 e. The van der Waals surface area contributed by atoms with Gasteiger partial charge in [0.25, 0.3) is 0 Å². The standard InChI is InChI=1S/C23H25ClFN5OS/c24-19-13-18(9-10-20(19)25)26-22(31)16-32-23-28-27-21(15-29-11-5-2-6-12-29)30(23)14-17-7-3-1-4-8-17/h1,3-4,7-10,13H,2,5-6,11-12,14-16H2,(H,26,31). The Morgan fingerprint density at radius 2 is 1.84 bits per heavy atom. The zero-order valence-electron chi connectivity index (χ0n) is 17.6. The highest BCUT2D eigenvalue weighted by atomic mass is 35.5. The second kappa shape index (κ2) is 10.9. The van der Waals surface area contributed by atoms with Crippen molar-refractivity contribution in [2.75, 3.05) is 24.2 Å². The number of aromatic nitrogens is 3. The third kappa shape index (κ3) is 6.09. The Hall–Kier alpha value is -2.42. The summed E-state index contributed by atoms with van der Waals surface area (Å²) < 4.78 is 15.4. The van der Waals surface area contributed by atoms with E-state index in [-0.39, 0.29) is 16.7 Å². The number of hydrogen-bond acceptors (Lipinski definition) is 5. The molecular weight excluding hydrogens is 449 g/mol. The SMILES string of the molecule is O=C(CSc1nnc(CN2CCCCC2)n1Cc1ccccc1)Nc1ccc(F)c(Cl)c1. The van der Waals surface area contributed by atoms with Gasteiger partial charge in [-0.2, -0.15) is 0 Å². The van der Waals surface area contributed by atoms with Gasteiger partial charge in [-0.25, -0.2) is 4.39 Å². The zero-order chi connectivity index (χ0) is 22.3. The Morgan fingerprint density at radius 1 is 1.06 bits per heavy atom. The molecule has 0 radical (unpaired) electrons. The predicted octanol–water partition coefficient (Wildman–Crippen LogP) is 4.84. The molecule has 1 N–H and O–H groups in total. The van der Waals surface area contributed by atoms with E-state index in [2.05, 4.69) is 37.1 Å². The zero-order valence-corrected chi connectivity index (χ0v) is 19.2. The topological polar surface area (TPSA) is 63.1 Å². The van der Waals surface area contributed by atoms with Gasteiger partial charge in [-0.1, -0.05) is 60.1 Å². The van der Waals surface area contributed by atoms with Gasteiger partial charge in [0.15, 0.2) is 5.16 Å². The molecule has 168 valence electrons. The fourth-order valence-electron chi connectivity index (χ4n) is 3.69. The van der Waals surface area contributed by atoms with Crippen LogP contribution in [0.2, 0.25) is 5.02 Å². The van der Waals surface area contributed by atoms with Crippen LogP contribution in [0, 0.1) is 5.82 Å². The van der Waals surface area contributed by atoms with Crippen LogP contribution in [0.4, 0.5) is 10.1 Å². The number of nitrogens with one attached hydrogen (secondary N) is 1. The molecule has 1 aliphatic heterocycles. The van der Waals surface area contributed by atoms with Crippen molar-refractivity contribution in [3.8, 4) is 0 Å². The average Bonchev–Trinajstić information content (AvgIpc) is 3.17. The summed E-state index contributed by atoms with van der Waals surface area (Å²) in [6.45, 7) is 3.54. The number of carbonyl (C=O) groups is 1. The quantitative estimate of drug-likeness (QED) is 0.474. The van der Waals surface area contributed by atoms with Crippen LogP contribution in [0.15, 0.2) is 53.7 Å². The minimum Gasteiger partial charge on any atom is -0.325 e. The van der Waals surface area contributed by atoms with Crippen molar-refractivity contribution in [2.24, 2.45) is 0 Å². The molecular formula is C23H25ClFN5OS. The molecule has 0 aliphatic carbocycles. The Kier molecular flexibility index (Phi) is 7.78. The molecule has 0 spiro atoms. The molecule has 2 heterocycles. The minimum absolute atomic E-state index is 0.0274. The second-order valence-corrected chi connectivity index (χ2v) is 9.12. The highest BCUT2D eigenvalue weighted by Crippen LogP contribution is 2.23. The molecule has 9 heteroatoms. The lowest BCUT2D eigenvalue weighted by molar-refractivity contribution is -0.113. The number of nitrogens with zero attached hydrogens (tertiary/aromatic N) is 4. The first kappa shape index (κ1) is 22.8. The number of hydrogen-bond donors (Lipinski definition) is 1. The summed E-state index contributed by atoms with van der Waals surface area (Å²) in [5.74, 6) is 0.328. The Labute approximate surface area is 196 Å². The number of likely N-dealkylation sites (tertiary alicyclic amines) is 1. The third-order valence-electron chi connectivity index (χ3n) is 5.33. The molecule has 1 aromatic heterocycles. The van der Waals surface area contributed by atoms with Gasteiger partial charge in [0.1, 0.15) is 11.6 Å². The van der Waals surface area contributed by atoms with E-state index in [0.717, 1.165) is 31.0 Å². The van der Waals surface area contributed by atoms with E-state index >= 15 is 0 Å².